The third kappa shape index (κ3) is 5.79. The Bertz CT molecular complexity index is 2350. The number of nitrogens with one attached hydrogen (secondary N) is 2. The van der Waals surface area contributed by atoms with E-state index >= 15 is 0 Å². The number of benzene rings is 7. The third-order valence-corrected chi connectivity index (χ3v) is 10.4. The molecule has 5 heteroatoms. The molecule has 0 saturated carbocycles. The van der Waals surface area contributed by atoms with Gasteiger partial charge in [0.25, 0.3) is 0 Å². The van der Waals surface area contributed by atoms with Gasteiger partial charge in [0.2, 0.25) is 0 Å². The SMILES string of the molecule is c1ccc(-c2ccc(C3=NC(c4cccc(-c5ccc6ccc7c(c6c5)NC(c5ccccc5)S7)c4)=NC(c4ccccc4)N3)cc2)cc1. The highest BCUT2D eigenvalue weighted by molar-refractivity contribution is 8.00. The van der Waals surface area contributed by atoms with Crippen LogP contribution < -0.4 is 10.6 Å². The van der Waals surface area contributed by atoms with E-state index in [2.05, 4.69) is 168 Å². The molecule has 0 fully saturated rings. The number of hydrogen-bond acceptors (Lipinski definition) is 5. The lowest BCUT2D eigenvalue weighted by Crippen LogP contribution is -2.33. The zero-order chi connectivity index (χ0) is 32.6. The van der Waals surface area contributed by atoms with Crippen molar-refractivity contribution in [2.24, 2.45) is 9.98 Å². The van der Waals surface area contributed by atoms with E-state index in [4.69, 9.17) is 9.98 Å². The van der Waals surface area contributed by atoms with Crippen LogP contribution in [0, 0.1) is 0 Å². The van der Waals surface area contributed by atoms with E-state index < -0.39 is 0 Å². The average molecular weight is 649 g/mol. The molecule has 234 valence electrons. The summed E-state index contributed by atoms with van der Waals surface area (Å²) < 4.78 is 0. The van der Waals surface area contributed by atoms with Gasteiger partial charge in [-0.3, -0.25) is 0 Å². The molecule has 2 unspecified atom stereocenters. The molecule has 49 heavy (non-hydrogen) atoms. The van der Waals surface area contributed by atoms with Crippen molar-refractivity contribution in [3.8, 4) is 22.3 Å². The fourth-order valence-electron chi connectivity index (χ4n) is 6.61. The van der Waals surface area contributed by atoms with E-state index in [0.29, 0.717) is 5.84 Å². The molecule has 2 atom stereocenters. The quantitative estimate of drug-likeness (QED) is 0.189. The zero-order valence-electron chi connectivity index (χ0n) is 26.6. The predicted molar refractivity (Wildman–Crippen MR) is 205 cm³/mol. The minimum atomic E-state index is -0.259. The number of nitrogens with zero attached hydrogens (tertiary/aromatic N) is 2. The number of anilines is 1. The lowest BCUT2D eigenvalue weighted by molar-refractivity contribution is 0.674. The lowest BCUT2D eigenvalue weighted by Gasteiger charge is -2.24. The molecule has 0 aromatic heterocycles. The van der Waals surface area contributed by atoms with Crippen molar-refractivity contribution in [3.63, 3.8) is 0 Å². The molecular weight excluding hydrogens is 617 g/mol. The number of rotatable bonds is 6. The fourth-order valence-corrected chi connectivity index (χ4v) is 7.77. The normalized spacial score (nSPS) is 16.7. The molecule has 0 spiro atoms. The Balaban J connectivity index is 1.07. The number of fused-ring (bicyclic) bond motifs is 3. The van der Waals surface area contributed by atoms with E-state index in [1.807, 2.05) is 23.9 Å². The number of thioether (sulfide) groups is 1. The first kappa shape index (κ1) is 29.2. The first-order valence-corrected chi connectivity index (χ1v) is 17.4. The van der Waals surface area contributed by atoms with Crippen molar-refractivity contribution in [2.45, 2.75) is 16.4 Å². The molecule has 0 radical (unpaired) electrons. The van der Waals surface area contributed by atoms with Gasteiger partial charge >= 0.3 is 0 Å². The summed E-state index contributed by atoms with van der Waals surface area (Å²) in [6, 6.07) is 59.9. The van der Waals surface area contributed by atoms with Crippen LogP contribution >= 0.6 is 11.8 Å². The van der Waals surface area contributed by atoms with Crippen LogP contribution in [0.25, 0.3) is 33.0 Å². The van der Waals surface area contributed by atoms with Crippen molar-refractivity contribution in [1.29, 1.82) is 0 Å². The molecule has 7 aromatic carbocycles. The molecule has 0 saturated heterocycles. The summed E-state index contributed by atoms with van der Waals surface area (Å²) in [6.45, 7) is 0. The summed E-state index contributed by atoms with van der Waals surface area (Å²) in [6.07, 6.45) is -0.259. The monoisotopic (exact) mass is 648 g/mol. The highest BCUT2D eigenvalue weighted by Crippen LogP contribution is 2.49. The van der Waals surface area contributed by atoms with Crippen molar-refractivity contribution >= 4 is 39.9 Å². The number of hydrogen-bond donors (Lipinski definition) is 2. The zero-order valence-corrected chi connectivity index (χ0v) is 27.4. The molecule has 2 aliphatic rings. The molecule has 4 nitrogen and oxygen atoms in total. The predicted octanol–water partition coefficient (Wildman–Crippen LogP) is 10.9. The smallest absolute Gasteiger partial charge is 0.159 e. The molecule has 2 N–H and O–H groups in total. The van der Waals surface area contributed by atoms with Crippen LogP contribution in [-0.4, -0.2) is 11.7 Å². The number of aliphatic imine (C=N–C) groups is 2. The topological polar surface area (TPSA) is 48.8 Å². The van der Waals surface area contributed by atoms with E-state index in [1.165, 1.54) is 38.0 Å². The molecular formula is C44H32N4S. The Morgan fingerprint density at radius 1 is 0.469 bits per heavy atom. The Morgan fingerprint density at radius 2 is 1.06 bits per heavy atom. The standard InChI is InChI=1S/C44H32N4S/c1-4-11-29(12-5-1)30-19-22-33(23-20-30)42-46-41(32-13-6-2-7-14-32)47-43(48-42)37-18-10-17-35(27-37)36-24-21-31-25-26-39-40(38(31)28-36)45-44(49-39)34-15-8-3-9-16-34/h1-28,41,44-45H,(H,46,47,48). The van der Waals surface area contributed by atoms with Crippen LogP contribution in [0.4, 0.5) is 5.69 Å². The molecule has 9 rings (SSSR count). The largest absolute Gasteiger partial charge is 0.368 e. The summed E-state index contributed by atoms with van der Waals surface area (Å²) in [5.41, 5.74) is 10.2. The van der Waals surface area contributed by atoms with Crippen LogP contribution in [-0.2, 0) is 0 Å². The van der Waals surface area contributed by atoms with Crippen LogP contribution in [0.2, 0.25) is 0 Å². The van der Waals surface area contributed by atoms with Gasteiger partial charge in [-0.05, 0) is 57.0 Å². The van der Waals surface area contributed by atoms with Crippen molar-refractivity contribution in [3.05, 3.63) is 192 Å². The molecule has 2 aliphatic heterocycles. The van der Waals surface area contributed by atoms with Gasteiger partial charge in [0.05, 0.1) is 5.69 Å². The van der Waals surface area contributed by atoms with Crippen LogP contribution in [0.1, 0.15) is 33.8 Å². The second-order valence-electron chi connectivity index (χ2n) is 12.3. The van der Waals surface area contributed by atoms with Crippen LogP contribution in [0.15, 0.2) is 185 Å². The number of amidine groups is 2. The van der Waals surface area contributed by atoms with Gasteiger partial charge < -0.3 is 10.6 Å². The van der Waals surface area contributed by atoms with Crippen molar-refractivity contribution in [2.75, 3.05) is 5.32 Å². The summed E-state index contributed by atoms with van der Waals surface area (Å²) >= 11 is 1.88. The van der Waals surface area contributed by atoms with E-state index in [0.717, 1.165) is 33.7 Å². The Labute approximate surface area is 290 Å². The summed E-state index contributed by atoms with van der Waals surface area (Å²) in [7, 11) is 0. The van der Waals surface area contributed by atoms with Crippen LogP contribution in [0.3, 0.4) is 0 Å². The first-order chi connectivity index (χ1) is 24.2. The highest BCUT2D eigenvalue weighted by Gasteiger charge is 2.25. The maximum Gasteiger partial charge on any atom is 0.159 e. The summed E-state index contributed by atoms with van der Waals surface area (Å²) in [4.78, 5) is 11.5. The molecule has 7 aromatic rings. The average Bonchev–Trinajstić information content (AvgIpc) is 3.64. The maximum absolute atomic E-state index is 5.14. The second kappa shape index (κ2) is 12.6. The Hall–Kier alpha value is -5.91. The minimum absolute atomic E-state index is 0.200. The summed E-state index contributed by atoms with van der Waals surface area (Å²) in [5, 5.41) is 10.1. The van der Waals surface area contributed by atoms with Crippen LogP contribution in [0.5, 0.6) is 0 Å². The minimum Gasteiger partial charge on any atom is -0.368 e. The van der Waals surface area contributed by atoms with E-state index in [-0.39, 0.29) is 11.5 Å². The Kier molecular flexibility index (Phi) is 7.52. The maximum atomic E-state index is 5.14. The van der Waals surface area contributed by atoms with Gasteiger partial charge in [0, 0.05) is 21.4 Å². The molecule has 0 aliphatic carbocycles. The van der Waals surface area contributed by atoms with Gasteiger partial charge in [-0.15, -0.1) is 0 Å². The van der Waals surface area contributed by atoms with Gasteiger partial charge in [-0.25, -0.2) is 9.98 Å². The van der Waals surface area contributed by atoms with Gasteiger partial charge in [0.1, 0.15) is 17.4 Å². The van der Waals surface area contributed by atoms with Gasteiger partial charge in [0.15, 0.2) is 5.84 Å². The molecule has 2 heterocycles. The van der Waals surface area contributed by atoms with Crippen molar-refractivity contribution in [1.82, 2.24) is 5.32 Å². The Morgan fingerprint density at radius 3 is 1.84 bits per heavy atom. The van der Waals surface area contributed by atoms with Crippen molar-refractivity contribution < 1.29 is 0 Å². The molecule has 0 bridgehead atoms. The van der Waals surface area contributed by atoms with Gasteiger partial charge in [-0.1, -0.05) is 163 Å². The third-order valence-electron chi connectivity index (χ3n) is 9.18. The second-order valence-corrected chi connectivity index (χ2v) is 13.5. The summed E-state index contributed by atoms with van der Waals surface area (Å²) in [5.74, 6) is 1.52. The van der Waals surface area contributed by atoms with E-state index in [1.54, 1.807) is 0 Å². The molecule has 0 amide bonds. The highest BCUT2D eigenvalue weighted by atomic mass is 32.2. The lowest BCUT2D eigenvalue weighted by atomic mass is 9.98. The fraction of sp³-hybridized carbons (Fsp3) is 0.0455. The first-order valence-electron chi connectivity index (χ1n) is 16.5. The van der Waals surface area contributed by atoms with E-state index in [9.17, 15) is 0 Å². The van der Waals surface area contributed by atoms with Gasteiger partial charge in [-0.2, -0.15) is 0 Å².